The van der Waals surface area contributed by atoms with E-state index in [9.17, 15) is 4.57 Å². The van der Waals surface area contributed by atoms with Gasteiger partial charge in [0.2, 0.25) is 0 Å². The van der Waals surface area contributed by atoms with Gasteiger partial charge in [0.1, 0.15) is 12.8 Å². The summed E-state index contributed by atoms with van der Waals surface area (Å²) >= 11 is 1.53. The second kappa shape index (κ2) is 4.22. The highest BCUT2D eigenvalue weighted by Crippen LogP contribution is 2.69. The Morgan fingerprint density at radius 2 is 1.95 bits per heavy atom. The van der Waals surface area contributed by atoms with Crippen LogP contribution in [0.3, 0.4) is 0 Å². The van der Waals surface area contributed by atoms with Crippen molar-refractivity contribution in [2.24, 2.45) is 7.05 Å². The monoisotopic (exact) mass is 307 g/mol. The van der Waals surface area contributed by atoms with E-state index < -0.39 is 7.14 Å². The number of aromatic nitrogens is 2. The molecule has 20 heavy (non-hydrogen) atoms. The van der Waals surface area contributed by atoms with Crippen LogP contribution in [0.1, 0.15) is 25.7 Å². The molecule has 0 bridgehead atoms. The lowest BCUT2D eigenvalue weighted by Crippen LogP contribution is -2.20. The molecule has 6 heteroatoms. The minimum absolute atomic E-state index is 0.423. The molecule has 106 valence electrons. The summed E-state index contributed by atoms with van der Waals surface area (Å²) in [5.41, 5.74) is 8.52. The highest BCUT2D eigenvalue weighted by Gasteiger charge is 2.53. The predicted octanol–water partition coefficient (Wildman–Crippen LogP) is 3.04. The van der Waals surface area contributed by atoms with Crippen LogP contribution < -0.4 is 11.2 Å². The molecule has 0 amide bonds. The maximum absolute atomic E-state index is 13.5. The van der Waals surface area contributed by atoms with Crippen LogP contribution in [0.25, 0.3) is 10.6 Å². The van der Waals surface area contributed by atoms with Crippen molar-refractivity contribution in [1.29, 1.82) is 0 Å². The van der Waals surface area contributed by atoms with Crippen molar-refractivity contribution in [3.8, 4) is 10.6 Å². The van der Waals surface area contributed by atoms with Crippen LogP contribution in [0.4, 0.5) is 5.00 Å². The summed E-state index contributed by atoms with van der Waals surface area (Å²) < 4.78 is 15.4. The number of anilines is 1. The lowest BCUT2D eigenvalue weighted by molar-refractivity contribution is 0.576. The van der Waals surface area contributed by atoms with Crippen molar-refractivity contribution in [3.63, 3.8) is 0 Å². The van der Waals surface area contributed by atoms with E-state index in [1.165, 1.54) is 11.3 Å². The van der Waals surface area contributed by atoms with Gasteiger partial charge >= 0.3 is 0 Å². The van der Waals surface area contributed by atoms with E-state index in [4.69, 9.17) is 5.73 Å². The van der Waals surface area contributed by atoms with Crippen LogP contribution in [0.2, 0.25) is 0 Å². The molecular weight excluding hydrogens is 289 g/mol. The number of nitrogens with two attached hydrogens (primary N) is 1. The summed E-state index contributed by atoms with van der Waals surface area (Å²) in [6.45, 7) is 0. The largest absolute Gasteiger partial charge is 0.391 e. The van der Waals surface area contributed by atoms with Gasteiger partial charge in [0, 0.05) is 18.4 Å². The molecule has 2 heterocycles. The second-order valence-electron chi connectivity index (χ2n) is 5.89. The molecule has 0 unspecified atom stereocenters. The molecule has 0 saturated heterocycles. The van der Waals surface area contributed by atoms with Crippen LogP contribution in [-0.2, 0) is 11.6 Å². The number of rotatable bonds is 4. The number of nitrogens with zero attached hydrogens (tertiary/aromatic N) is 2. The molecule has 0 atom stereocenters. The fraction of sp³-hybridized carbons (Fsp3) is 0.500. The molecule has 4 rings (SSSR count). The van der Waals surface area contributed by atoms with Gasteiger partial charge in [-0.25, -0.2) is 0 Å². The van der Waals surface area contributed by atoms with Crippen LogP contribution in [0.15, 0.2) is 18.2 Å². The highest BCUT2D eigenvalue weighted by molar-refractivity contribution is 7.73. The first-order valence-electron chi connectivity index (χ1n) is 7.08. The Morgan fingerprint density at radius 3 is 2.45 bits per heavy atom. The molecule has 2 N–H and O–H groups in total. The van der Waals surface area contributed by atoms with Crippen LogP contribution in [0, 0.1) is 0 Å². The average molecular weight is 307 g/mol. The van der Waals surface area contributed by atoms with Gasteiger partial charge in [-0.05, 0) is 43.9 Å². The third kappa shape index (κ3) is 1.87. The molecule has 2 saturated carbocycles. The van der Waals surface area contributed by atoms with Crippen molar-refractivity contribution >= 4 is 28.9 Å². The average Bonchev–Trinajstić information content (AvgIpc) is 3.32. The topological polar surface area (TPSA) is 60.9 Å². The van der Waals surface area contributed by atoms with Crippen molar-refractivity contribution in [2.75, 3.05) is 5.73 Å². The van der Waals surface area contributed by atoms with E-state index in [0.717, 1.165) is 46.7 Å². The Bertz CT molecular complexity index is 696. The Hall–Kier alpha value is -1.06. The minimum atomic E-state index is -2.25. The smallest absolute Gasteiger partial charge is 0.138 e. The Morgan fingerprint density at radius 1 is 1.30 bits per heavy atom. The molecule has 2 aliphatic carbocycles. The van der Waals surface area contributed by atoms with Gasteiger partial charge in [-0.1, -0.05) is 0 Å². The molecule has 2 aliphatic rings. The quantitative estimate of drug-likeness (QED) is 0.883. The molecule has 2 aromatic heterocycles. The maximum atomic E-state index is 13.5. The predicted molar refractivity (Wildman–Crippen MR) is 84.2 cm³/mol. The SMILES string of the molecule is Cn1nc(-c2ccc(N)s2)cc1P(=O)(C1CC1)C1CC1. The Balaban J connectivity index is 1.79. The molecular formula is C14H18N3OPS. The van der Waals surface area contributed by atoms with E-state index in [1.54, 1.807) is 0 Å². The molecule has 0 spiro atoms. The highest BCUT2D eigenvalue weighted by atomic mass is 32.1. The van der Waals surface area contributed by atoms with Crippen molar-refractivity contribution in [3.05, 3.63) is 18.2 Å². The Kier molecular flexibility index (Phi) is 2.67. The number of nitrogen functional groups attached to an aromatic ring is 1. The molecule has 0 aliphatic heterocycles. The van der Waals surface area contributed by atoms with E-state index in [2.05, 4.69) is 5.10 Å². The first-order chi connectivity index (χ1) is 9.59. The molecule has 0 aromatic carbocycles. The van der Waals surface area contributed by atoms with Gasteiger partial charge in [0.05, 0.1) is 15.3 Å². The molecule has 4 nitrogen and oxygen atoms in total. The van der Waals surface area contributed by atoms with Crippen molar-refractivity contribution in [1.82, 2.24) is 9.78 Å². The van der Waals surface area contributed by atoms with Crippen LogP contribution in [-0.4, -0.2) is 21.1 Å². The van der Waals surface area contributed by atoms with Crippen LogP contribution in [0.5, 0.6) is 0 Å². The fourth-order valence-electron chi connectivity index (χ4n) is 2.98. The van der Waals surface area contributed by atoms with Crippen LogP contribution >= 0.6 is 18.5 Å². The van der Waals surface area contributed by atoms with E-state index >= 15 is 0 Å². The zero-order chi connectivity index (χ0) is 13.9. The fourth-order valence-corrected chi connectivity index (χ4v) is 7.71. The number of hydrogen-bond acceptors (Lipinski definition) is 4. The van der Waals surface area contributed by atoms with E-state index in [-0.39, 0.29) is 0 Å². The summed E-state index contributed by atoms with van der Waals surface area (Å²) in [6.07, 6.45) is 4.50. The normalized spacial score (nSPS) is 19.4. The van der Waals surface area contributed by atoms with Gasteiger partial charge in [-0.2, -0.15) is 5.10 Å². The molecule has 0 radical (unpaired) electrons. The standard InChI is InChI=1S/C14H18N3OPS/c1-17-14(19(18,9-2-3-9)10-4-5-10)8-11(16-17)12-6-7-13(15)20-12/h6-10H,2-5,15H2,1H3. The first-order valence-corrected chi connectivity index (χ1v) is 9.75. The number of thiophene rings is 1. The first kappa shape index (κ1) is 12.7. The van der Waals surface area contributed by atoms with Crippen molar-refractivity contribution < 1.29 is 4.57 Å². The minimum Gasteiger partial charge on any atom is -0.391 e. The lowest BCUT2D eigenvalue weighted by atomic mass is 10.3. The summed E-state index contributed by atoms with van der Waals surface area (Å²) in [5.74, 6) is 0. The van der Waals surface area contributed by atoms with Gasteiger partial charge in [-0.3, -0.25) is 4.68 Å². The zero-order valence-corrected chi connectivity index (χ0v) is 13.2. The van der Waals surface area contributed by atoms with Crippen molar-refractivity contribution in [2.45, 2.75) is 37.0 Å². The van der Waals surface area contributed by atoms with Gasteiger partial charge < -0.3 is 10.3 Å². The number of aryl methyl sites for hydroxylation is 1. The zero-order valence-electron chi connectivity index (χ0n) is 11.5. The van der Waals surface area contributed by atoms with Gasteiger partial charge in [0.25, 0.3) is 0 Å². The maximum Gasteiger partial charge on any atom is 0.138 e. The third-order valence-corrected chi connectivity index (χ3v) is 9.55. The Labute approximate surface area is 122 Å². The summed E-state index contributed by atoms with van der Waals surface area (Å²) in [5, 5.41) is 5.37. The van der Waals surface area contributed by atoms with Gasteiger partial charge in [0.15, 0.2) is 0 Å². The lowest BCUT2D eigenvalue weighted by Gasteiger charge is -2.17. The van der Waals surface area contributed by atoms with Gasteiger partial charge in [-0.15, -0.1) is 11.3 Å². The summed E-state index contributed by atoms with van der Waals surface area (Å²) in [7, 11) is -0.326. The third-order valence-electron chi connectivity index (χ3n) is 4.27. The van der Waals surface area contributed by atoms with E-state index in [0.29, 0.717) is 11.3 Å². The second-order valence-corrected chi connectivity index (χ2v) is 10.3. The summed E-state index contributed by atoms with van der Waals surface area (Å²) in [6, 6.07) is 5.93. The number of hydrogen-bond donors (Lipinski definition) is 1. The van der Waals surface area contributed by atoms with E-state index in [1.807, 2.05) is 29.9 Å². The molecule has 2 aromatic rings. The summed E-state index contributed by atoms with van der Waals surface area (Å²) in [4.78, 5) is 1.06. The molecule has 2 fully saturated rings.